The molecular weight excluding hydrogens is 590 g/mol. The van der Waals surface area contributed by atoms with E-state index in [1.807, 2.05) is 22.9 Å². The molecule has 2 bridgehead atoms. The lowest BCUT2D eigenvalue weighted by Crippen LogP contribution is -2.45. The maximum atomic E-state index is 16.4. The molecule has 46 heavy (non-hydrogen) atoms. The Hall–Kier alpha value is -4.66. The number of hydrogen-bond acceptors (Lipinski definition) is 8. The van der Waals surface area contributed by atoms with Crippen molar-refractivity contribution in [2.75, 3.05) is 51.9 Å². The highest BCUT2D eigenvalue weighted by Gasteiger charge is 2.36. The summed E-state index contributed by atoms with van der Waals surface area (Å²) in [5.74, 6) is 1.54. The van der Waals surface area contributed by atoms with Gasteiger partial charge in [0.1, 0.15) is 22.8 Å². The summed E-state index contributed by atoms with van der Waals surface area (Å²) < 4.78 is 42.1. The number of fused-ring (bicyclic) bond motifs is 4. The van der Waals surface area contributed by atoms with Crippen LogP contribution in [0.5, 0.6) is 6.01 Å². The molecule has 3 fully saturated rings. The zero-order valence-corrected chi connectivity index (χ0v) is 25.7. The van der Waals surface area contributed by atoms with Crippen LogP contribution in [0, 0.1) is 24.0 Å². The van der Waals surface area contributed by atoms with Crippen LogP contribution in [0.4, 0.5) is 14.6 Å². The summed E-state index contributed by atoms with van der Waals surface area (Å²) >= 11 is 0. The highest BCUT2D eigenvalue weighted by Crippen LogP contribution is 2.37. The molecule has 5 heterocycles. The monoisotopic (exact) mass is 624 g/mol. The topological polar surface area (TPSA) is 83.9 Å². The van der Waals surface area contributed by atoms with Gasteiger partial charge in [-0.1, -0.05) is 36.3 Å². The van der Waals surface area contributed by atoms with E-state index in [4.69, 9.17) is 15.9 Å². The lowest BCUT2D eigenvalue weighted by atomic mass is 9.96. The Morgan fingerprint density at radius 1 is 1.17 bits per heavy atom. The molecule has 4 aromatic rings. The molecule has 2 aromatic carbocycles. The third-order valence-corrected chi connectivity index (χ3v) is 9.55. The van der Waals surface area contributed by atoms with E-state index in [9.17, 15) is 9.18 Å². The summed E-state index contributed by atoms with van der Waals surface area (Å²) in [7, 11) is 3.28. The Kier molecular flexibility index (Phi) is 8.01. The van der Waals surface area contributed by atoms with Gasteiger partial charge in [-0.3, -0.25) is 14.7 Å². The van der Waals surface area contributed by atoms with Crippen molar-refractivity contribution in [3.05, 3.63) is 65.9 Å². The number of methoxy groups -OCH3 is 1. The normalized spacial score (nSPS) is 21.4. The van der Waals surface area contributed by atoms with Crippen molar-refractivity contribution in [1.82, 2.24) is 24.8 Å². The van der Waals surface area contributed by atoms with Crippen LogP contribution in [0.1, 0.15) is 24.8 Å². The summed E-state index contributed by atoms with van der Waals surface area (Å²) in [6.45, 7) is 3.34. The first-order chi connectivity index (χ1) is 22.4. The van der Waals surface area contributed by atoms with E-state index in [0.29, 0.717) is 59.1 Å². The maximum Gasteiger partial charge on any atom is 0.318 e. The van der Waals surface area contributed by atoms with Gasteiger partial charge in [-0.15, -0.1) is 6.42 Å². The van der Waals surface area contributed by atoms with E-state index in [1.165, 1.54) is 19.4 Å². The molecule has 2 aromatic heterocycles. The van der Waals surface area contributed by atoms with Gasteiger partial charge in [0, 0.05) is 68.0 Å². The average molecular weight is 625 g/mol. The predicted molar refractivity (Wildman–Crippen MR) is 172 cm³/mol. The van der Waals surface area contributed by atoms with E-state index < -0.39 is 11.6 Å². The van der Waals surface area contributed by atoms with Crippen molar-refractivity contribution in [2.24, 2.45) is 0 Å². The number of morpholine rings is 1. The molecule has 11 heteroatoms. The summed E-state index contributed by atoms with van der Waals surface area (Å²) in [4.78, 5) is 32.7. The number of benzene rings is 2. The van der Waals surface area contributed by atoms with Crippen LogP contribution in [-0.4, -0.2) is 95.8 Å². The fraction of sp³-hybridized carbons (Fsp3) is 0.371. The maximum absolute atomic E-state index is 16.4. The summed E-state index contributed by atoms with van der Waals surface area (Å²) in [6, 6.07) is 8.89. The van der Waals surface area contributed by atoms with Crippen LogP contribution < -0.4 is 9.64 Å². The first-order valence-electron chi connectivity index (χ1n) is 15.5. The number of rotatable bonds is 7. The van der Waals surface area contributed by atoms with Gasteiger partial charge in [-0.25, -0.2) is 8.78 Å². The number of pyridine rings is 1. The number of carbonyl (C=O) groups is 1. The van der Waals surface area contributed by atoms with Gasteiger partial charge in [0.15, 0.2) is 5.82 Å². The zero-order valence-electron chi connectivity index (χ0n) is 25.7. The molecule has 0 radical (unpaired) electrons. The molecule has 3 aliphatic heterocycles. The van der Waals surface area contributed by atoms with Crippen molar-refractivity contribution in [2.45, 2.75) is 37.4 Å². The predicted octanol–water partition coefficient (Wildman–Crippen LogP) is 4.57. The largest absolute Gasteiger partial charge is 0.467 e. The average Bonchev–Trinajstić information content (AvgIpc) is 3.65. The number of aromatic nitrogens is 3. The first-order valence-corrected chi connectivity index (χ1v) is 15.5. The van der Waals surface area contributed by atoms with Crippen LogP contribution in [-0.2, 0) is 9.53 Å². The third-order valence-electron chi connectivity index (χ3n) is 9.55. The minimum Gasteiger partial charge on any atom is -0.467 e. The standard InChI is InChI=1S/C35H34F2N6O3/c1-4-25-28(36)13-10-21-7-5-8-26(30(21)25)32-31(37)33-27(17-38-32)34(40-35(39-33)45-3)41(2)22-14-16-42(18-22)29(44)9-6-15-43-23-11-12-24(43)20-46-19-23/h1,5-10,13,17,22-24H,11-12,14-16,18-20H2,2-3H3/b9-6+. The second kappa shape index (κ2) is 12.3. The molecule has 236 valence electrons. The van der Waals surface area contributed by atoms with Gasteiger partial charge in [-0.2, -0.15) is 9.97 Å². The number of halogens is 2. The minimum atomic E-state index is -0.699. The number of terminal acetylenes is 1. The SMILES string of the molecule is C#Cc1c(F)ccc2cccc(-c3ncc4c(N(C)C5CCN(C(=O)/C=C/CN6C7CCC6COC7)C5)nc(OC)nc4c3F)c12. The van der Waals surface area contributed by atoms with Crippen LogP contribution in [0.2, 0.25) is 0 Å². The Morgan fingerprint density at radius 3 is 2.74 bits per heavy atom. The second-order valence-corrected chi connectivity index (χ2v) is 12.0. The molecule has 3 aliphatic rings. The quantitative estimate of drug-likeness (QED) is 0.219. The minimum absolute atomic E-state index is 0.00961. The van der Waals surface area contributed by atoms with Crippen molar-refractivity contribution < 1.29 is 23.0 Å². The number of likely N-dealkylation sites (tertiary alicyclic amines) is 1. The number of anilines is 1. The first kappa shape index (κ1) is 30.0. The Morgan fingerprint density at radius 2 is 1.98 bits per heavy atom. The Bertz CT molecular complexity index is 1890. The molecule has 0 aliphatic carbocycles. The molecule has 1 amide bonds. The third kappa shape index (κ3) is 5.21. The van der Waals surface area contributed by atoms with E-state index in [2.05, 4.69) is 25.8 Å². The van der Waals surface area contributed by atoms with E-state index in [-0.39, 0.29) is 34.7 Å². The van der Waals surface area contributed by atoms with E-state index >= 15 is 4.39 Å². The van der Waals surface area contributed by atoms with Gasteiger partial charge in [0.2, 0.25) is 5.91 Å². The van der Waals surface area contributed by atoms with Crippen LogP contribution >= 0.6 is 0 Å². The number of likely N-dealkylation sites (N-methyl/N-ethyl adjacent to an activating group) is 1. The summed E-state index contributed by atoms with van der Waals surface area (Å²) in [6.07, 6.45) is 13.8. The number of amides is 1. The van der Waals surface area contributed by atoms with Gasteiger partial charge >= 0.3 is 6.01 Å². The van der Waals surface area contributed by atoms with E-state index in [1.54, 1.807) is 30.3 Å². The van der Waals surface area contributed by atoms with Crippen LogP contribution in [0.3, 0.4) is 0 Å². The van der Waals surface area contributed by atoms with Crippen molar-refractivity contribution >= 4 is 33.4 Å². The lowest BCUT2D eigenvalue weighted by Gasteiger charge is -2.33. The van der Waals surface area contributed by atoms with Gasteiger partial charge in [0.05, 0.1) is 31.3 Å². The van der Waals surface area contributed by atoms with Crippen molar-refractivity contribution in [3.8, 4) is 29.6 Å². The van der Waals surface area contributed by atoms with Gasteiger partial charge in [-0.05, 0) is 30.7 Å². The molecule has 3 saturated heterocycles. The number of ether oxygens (including phenoxy) is 2. The van der Waals surface area contributed by atoms with Crippen LogP contribution in [0.15, 0.2) is 48.7 Å². The number of hydrogen-bond donors (Lipinski definition) is 0. The molecular formula is C35H34F2N6O3. The molecule has 3 atom stereocenters. The molecule has 3 unspecified atom stereocenters. The summed E-state index contributed by atoms with van der Waals surface area (Å²) in [5.41, 5.74) is 0.402. The summed E-state index contributed by atoms with van der Waals surface area (Å²) in [5, 5.41) is 1.45. The molecule has 7 rings (SSSR count). The highest BCUT2D eigenvalue weighted by molar-refractivity contribution is 6.02. The van der Waals surface area contributed by atoms with Gasteiger partial charge < -0.3 is 19.3 Å². The lowest BCUT2D eigenvalue weighted by molar-refractivity contribution is -0.125. The van der Waals surface area contributed by atoms with Crippen molar-refractivity contribution in [1.29, 1.82) is 0 Å². The fourth-order valence-electron chi connectivity index (χ4n) is 7.08. The number of carbonyl (C=O) groups excluding carboxylic acids is 1. The van der Waals surface area contributed by atoms with Gasteiger partial charge in [0.25, 0.3) is 0 Å². The Balaban J connectivity index is 1.15. The molecule has 0 saturated carbocycles. The van der Waals surface area contributed by atoms with Crippen LogP contribution in [0.25, 0.3) is 32.9 Å². The molecule has 9 nitrogen and oxygen atoms in total. The second-order valence-electron chi connectivity index (χ2n) is 12.0. The van der Waals surface area contributed by atoms with E-state index in [0.717, 1.165) is 32.6 Å². The smallest absolute Gasteiger partial charge is 0.318 e. The fourth-order valence-corrected chi connectivity index (χ4v) is 7.08. The van der Waals surface area contributed by atoms with Crippen molar-refractivity contribution in [3.63, 3.8) is 0 Å². The zero-order chi connectivity index (χ0) is 31.9. The molecule has 0 spiro atoms. The highest BCUT2D eigenvalue weighted by atomic mass is 19.1. The number of nitrogens with zero attached hydrogens (tertiary/aromatic N) is 6. The molecule has 0 N–H and O–H groups in total. The Labute approximate surface area is 265 Å².